The Kier molecular flexibility index (Phi) is 29.3. The molecule has 0 fully saturated rings. The van der Waals surface area contributed by atoms with Gasteiger partial charge >= 0.3 is 11.9 Å². The first-order valence-electron chi connectivity index (χ1n) is 16.0. The van der Waals surface area contributed by atoms with Crippen LogP contribution in [0.15, 0.2) is 0 Å². The van der Waals surface area contributed by atoms with Crippen molar-refractivity contribution in [2.75, 3.05) is 13.2 Å². The minimum atomic E-state index is -0.0597. The Hall–Kier alpha value is -1.06. The molecule has 0 atom stereocenters. The van der Waals surface area contributed by atoms with Crippen molar-refractivity contribution in [1.82, 2.24) is 0 Å². The van der Waals surface area contributed by atoms with Crippen molar-refractivity contribution in [1.29, 1.82) is 0 Å². The van der Waals surface area contributed by atoms with Crippen LogP contribution in [0.2, 0.25) is 0 Å². The smallest absolute Gasteiger partial charge is 0.305 e. The molecular weight excluding hydrogens is 448 g/mol. The molecule has 4 heteroatoms. The van der Waals surface area contributed by atoms with Crippen LogP contribution < -0.4 is 0 Å². The number of hydrogen-bond donors (Lipinski definition) is 0. The fourth-order valence-corrected chi connectivity index (χ4v) is 4.56. The van der Waals surface area contributed by atoms with E-state index in [0.717, 1.165) is 57.8 Å². The average Bonchev–Trinajstić information content (AvgIpc) is 2.87. The second-order valence-electron chi connectivity index (χ2n) is 10.7. The summed E-state index contributed by atoms with van der Waals surface area (Å²) in [6, 6.07) is 0. The minimum absolute atomic E-state index is 0.0363. The SMILES string of the molecule is CCCCCCCCCCCCCCCCCCOC(=O)CCCCCCCCC(=O)OCCCC. The molecule has 0 aliphatic rings. The molecule has 0 saturated carbocycles. The van der Waals surface area contributed by atoms with E-state index >= 15 is 0 Å². The number of carbonyl (C=O) groups excluding carboxylic acids is 2. The summed E-state index contributed by atoms with van der Waals surface area (Å²) in [5, 5.41) is 0. The van der Waals surface area contributed by atoms with Gasteiger partial charge in [0.05, 0.1) is 13.2 Å². The summed E-state index contributed by atoms with van der Waals surface area (Å²) in [5.41, 5.74) is 0. The molecule has 0 rings (SSSR count). The van der Waals surface area contributed by atoms with Gasteiger partial charge in [-0.1, -0.05) is 142 Å². The van der Waals surface area contributed by atoms with Crippen LogP contribution in [-0.4, -0.2) is 25.2 Å². The quantitative estimate of drug-likeness (QED) is 0.0741. The Balaban J connectivity index is 3.20. The Morgan fingerprint density at radius 1 is 0.361 bits per heavy atom. The lowest BCUT2D eigenvalue weighted by Crippen LogP contribution is -2.05. The van der Waals surface area contributed by atoms with Crippen molar-refractivity contribution in [3.63, 3.8) is 0 Å². The summed E-state index contributed by atoms with van der Waals surface area (Å²) in [6.07, 6.45) is 31.0. The molecular formula is C32H62O4. The predicted octanol–water partition coefficient (Wildman–Crippen LogP) is 10.3. The maximum Gasteiger partial charge on any atom is 0.305 e. The van der Waals surface area contributed by atoms with Crippen LogP contribution in [0.1, 0.15) is 181 Å². The Morgan fingerprint density at radius 3 is 1.00 bits per heavy atom. The first-order valence-corrected chi connectivity index (χ1v) is 16.0. The molecule has 0 aliphatic heterocycles. The summed E-state index contributed by atoms with van der Waals surface area (Å²) in [7, 11) is 0. The van der Waals surface area contributed by atoms with Gasteiger partial charge in [0.2, 0.25) is 0 Å². The molecule has 0 bridgehead atoms. The lowest BCUT2D eigenvalue weighted by Gasteiger charge is -2.06. The molecule has 0 spiro atoms. The van der Waals surface area contributed by atoms with Crippen molar-refractivity contribution in [3.05, 3.63) is 0 Å². The third-order valence-corrected chi connectivity index (χ3v) is 7.03. The van der Waals surface area contributed by atoms with E-state index in [4.69, 9.17) is 9.47 Å². The zero-order valence-electron chi connectivity index (χ0n) is 24.4. The van der Waals surface area contributed by atoms with Crippen LogP contribution in [0.3, 0.4) is 0 Å². The Morgan fingerprint density at radius 2 is 0.639 bits per heavy atom. The van der Waals surface area contributed by atoms with E-state index in [1.807, 2.05) is 0 Å². The molecule has 0 unspecified atom stereocenters. The molecule has 0 amide bonds. The summed E-state index contributed by atoms with van der Waals surface area (Å²) in [6.45, 7) is 5.52. The molecule has 0 aromatic rings. The van der Waals surface area contributed by atoms with Crippen molar-refractivity contribution in [3.8, 4) is 0 Å². The number of ether oxygens (including phenoxy) is 2. The fraction of sp³-hybridized carbons (Fsp3) is 0.938. The Bertz CT molecular complexity index is 463. The van der Waals surface area contributed by atoms with Crippen LogP contribution in [0, 0.1) is 0 Å². The van der Waals surface area contributed by atoms with Crippen molar-refractivity contribution < 1.29 is 19.1 Å². The highest BCUT2D eigenvalue weighted by molar-refractivity contribution is 5.69. The fourth-order valence-electron chi connectivity index (χ4n) is 4.56. The van der Waals surface area contributed by atoms with Crippen molar-refractivity contribution in [2.24, 2.45) is 0 Å². The van der Waals surface area contributed by atoms with Gasteiger partial charge in [-0.25, -0.2) is 0 Å². The van der Waals surface area contributed by atoms with Gasteiger partial charge in [0.25, 0.3) is 0 Å². The number of esters is 2. The maximum atomic E-state index is 11.8. The normalized spacial score (nSPS) is 11.1. The van der Waals surface area contributed by atoms with Crippen LogP contribution in [0.4, 0.5) is 0 Å². The van der Waals surface area contributed by atoms with Gasteiger partial charge in [-0.2, -0.15) is 0 Å². The van der Waals surface area contributed by atoms with Crippen LogP contribution >= 0.6 is 0 Å². The number of carbonyl (C=O) groups is 2. The number of unbranched alkanes of at least 4 members (excludes halogenated alkanes) is 21. The van der Waals surface area contributed by atoms with E-state index in [1.54, 1.807) is 0 Å². The number of hydrogen-bond acceptors (Lipinski definition) is 4. The van der Waals surface area contributed by atoms with Crippen LogP contribution in [-0.2, 0) is 19.1 Å². The molecule has 214 valence electrons. The first kappa shape index (κ1) is 34.9. The molecule has 36 heavy (non-hydrogen) atoms. The van der Waals surface area contributed by atoms with E-state index in [2.05, 4.69) is 13.8 Å². The van der Waals surface area contributed by atoms with Crippen LogP contribution in [0.5, 0.6) is 0 Å². The zero-order chi connectivity index (χ0) is 26.4. The van der Waals surface area contributed by atoms with Gasteiger partial charge in [0.15, 0.2) is 0 Å². The highest BCUT2D eigenvalue weighted by Crippen LogP contribution is 2.14. The monoisotopic (exact) mass is 510 g/mol. The lowest BCUT2D eigenvalue weighted by molar-refractivity contribution is -0.144. The van der Waals surface area contributed by atoms with Gasteiger partial charge < -0.3 is 9.47 Å². The van der Waals surface area contributed by atoms with E-state index in [9.17, 15) is 9.59 Å². The summed E-state index contributed by atoms with van der Waals surface area (Å²) in [4.78, 5) is 23.4. The highest BCUT2D eigenvalue weighted by Gasteiger charge is 2.04. The van der Waals surface area contributed by atoms with Gasteiger partial charge in [-0.3, -0.25) is 9.59 Å². The molecule has 0 radical (unpaired) electrons. The molecule has 0 aliphatic carbocycles. The molecule has 4 nitrogen and oxygen atoms in total. The molecule has 0 saturated heterocycles. The van der Waals surface area contributed by atoms with Gasteiger partial charge in [-0.05, 0) is 25.7 Å². The van der Waals surface area contributed by atoms with E-state index in [0.29, 0.717) is 26.1 Å². The summed E-state index contributed by atoms with van der Waals surface area (Å²) >= 11 is 0. The molecule has 0 heterocycles. The van der Waals surface area contributed by atoms with Crippen LogP contribution in [0.25, 0.3) is 0 Å². The topological polar surface area (TPSA) is 52.6 Å². The van der Waals surface area contributed by atoms with E-state index in [-0.39, 0.29) is 11.9 Å². The van der Waals surface area contributed by atoms with Crippen molar-refractivity contribution >= 4 is 11.9 Å². The standard InChI is InChI=1S/C32H62O4/c1-3-5-7-8-9-10-11-12-13-14-15-16-17-20-23-26-30-36-32(34)28-25-22-19-18-21-24-27-31(33)35-29-6-4-2/h3-30H2,1-2H3. The average molecular weight is 511 g/mol. The summed E-state index contributed by atoms with van der Waals surface area (Å²) < 4.78 is 10.5. The molecule has 0 aromatic heterocycles. The Labute approximate surface area is 225 Å². The third kappa shape index (κ3) is 29.2. The number of rotatable bonds is 29. The van der Waals surface area contributed by atoms with Crippen molar-refractivity contribution in [2.45, 2.75) is 181 Å². The van der Waals surface area contributed by atoms with Gasteiger partial charge in [0, 0.05) is 12.8 Å². The second kappa shape index (κ2) is 30.2. The molecule has 0 N–H and O–H groups in total. The highest BCUT2D eigenvalue weighted by atomic mass is 16.5. The van der Waals surface area contributed by atoms with E-state index < -0.39 is 0 Å². The third-order valence-electron chi connectivity index (χ3n) is 7.03. The van der Waals surface area contributed by atoms with Gasteiger partial charge in [0.1, 0.15) is 0 Å². The summed E-state index contributed by atoms with van der Waals surface area (Å²) in [5.74, 6) is -0.0960. The largest absolute Gasteiger partial charge is 0.466 e. The zero-order valence-corrected chi connectivity index (χ0v) is 24.4. The lowest BCUT2D eigenvalue weighted by atomic mass is 10.0. The maximum absolute atomic E-state index is 11.8. The van der Waals surface area contributed by atoms with Gasteiger partial charge in [-0.15, -0.1) is 0 Å². The molecule has 0 aromatic carbocycles. The predicted molar refractivity (Wildman–Crippen MR) is 153 cm³/mol. The minimum Gasteiger partial charge on any atom is -0.466 e. The van der Waals surface area contributed by atoms with E-state index in [1.165, 1.54) is 96.3 Å². The first-order chi connectivity index (χ1) is 17.7. The second-order valence-corrected chi connectivity index (χ2v) is 10.7.